The maximum absolute atomic E-state index is 13.2. The van der Waals surface area contributed by atoms with Crippen LogP contribution in [0.2, 0.25) is 0 Å². The van der Waals surface area contributed by atoms with Crippen LogP contribution in [0.5, 0.6) is 0 Å². The number of rotatable bonds is 4. The Morgan fingerprint density at radius 2 is 2.00 bits per heavy atom. The highest BCUT2D eigenvalue weighted by atomic mass is 16.1. The Labute approximate surface area is 166 Å². The van der Waals surface area contributed by atoms with Crippen LogP contribution in [0.1, 0.15) is 48.7 Å². The van der Waals surface area contributed by atoms with Crippen LogP contribution in [0.15, 0.2) is 24.7 Å². The van der Waals surface area contributed by atoms with E-state index < -0.39 is 0 Å². The fourth-order valence-electron chi connectivity index (χ4n) is 4.32. The lowest BCUT2D eigenvalue weighted by Crippen LogP contribution is -2.39. The number of benzene rings is 1. The zero-order valence-electron chi connectivity index (χ0n) is 16.7. The monoisotopic (exact) mass is 382 g/mol. The number of aromatic nitrogens is 2. The summed E-state index contributed by atoms with van der Waals surface area (Å²) in [5, 5.41) is 6.40. The van der Waals surface area contributed by atoms with Gasteiger partial charge in [0.1, 0.15) is 0 Å². The summed E-state index contributed by atoms with van der Waals surface area (Å²) in [6, 6.07) is 4.07. The van der Waals surface area contributed by atoms with Gasteiger partial charge in [-0.3, -0.25) is 4.79 Å². The first-order valence-corrected chi connectivity index (χ1v) is 10.2. The summed E-state index contributed by atoms with van der Waals surface area (Å²) in [5.41, 5.74) is 10.4. The lowest BCUT2D eigenvalue weighted by molar-refractivity contribution is 0.0923. The molecule has 0 bridgehead atoms. The van der Waals surface area contributed by atoms with E-state index in [0.29, 0.717) is 11.3 Å². The average molecular weight is 383 g/mol. The fraction of sp³-hybridized carbons (Fsp3) is 0.524. The van der Waals surface area contributed by atoms with Crippen molar-refractivity contribution in [3.8, 4) is 0 Å². The molecule has 1 fully saturated rings. The number of imidazole rings is 1. The van der Waals surface area contributed by atoms with Crippen molar-refractivity contribution in [2.24, 2.45) is 5.92 Å². The zero-order valence-corrected chi connectivity index (χ0v) is 16.7. The van der Waals surface area contributed by atoms with Gasteiger partial charge in [0.05, 0.1) is 41.2 Å². The van der Waals surface area contributed by atoms with Gasteiger partial charge >= 0.3 is 0 Å². The number of anilines is 3. The van der Waals surface area contributed by atoms with Crippen LogP contribution in [-0.2, 0) is 13.1 Å². The number of hydrogen-bond donors (Lipinski definition) is 3. The second-order valence-electron chi connectivity index (χ2n) is 8.14. The van der Waals surface area contributed by atoms with Gasteiger partial charge in [0, 0.05) is 32.4 Å². The second kappa shape index (κ2) is 7.73. The smallest absolute Gasteiger partial charge is 0.253 e. The van der Waals surface area contributed by atoms with Crippen molar-refractivity contribution in [1.29, 1.82) is 0 Å². The molecule has 4 rings (SSSR count). The van der Waals surface area contributed by atoms with Crippen LogP contribution in [-0.4, -0.2) is 35.1 Å². The Kier molecular flexibility index (Phi) is 5.15. The zero-order chi connectivity index (χ0) is 19.7. The Balaban J connectivity index is 1.61. The molecule has 150 valence electrons. The number of carbonyl (C=O) groups excluding carboxylic acids is 1. The first-order chi connectivity index (χ1) is 13.5. The number of nitrogens with two attached hydrogens (primary N) is 1. The standard InChI is InChI=1S/C21H30N6O/c1-14-3-5-15(6-4-14)25-21(28)17-9-18(22)19(23-2)10-20(17)26-7-8-27-13-24-11-16(27)12-26/h9-11,13-15,23H,3-8,12,22H2,1-2H3,(H,25,28)/t14-,15-. The van der Waals surface area contributed by atoms with Crippen LogP contribution in [0.3, 0.4) is 0 Å². The Bertz CT molecular complexity index is 853. The molecule has 0 spiro atoms. The van der Waals surface area contributed by atoms with Crippen LogP contribution >= 0.6 is 0 Å². The summed E-state index contributed by atoms with van der Waals surface area (Å²) in [6.45, 7) is 4.70. The van der Waals surface area contributed by atoms with Crippen molar-refractivity contribution in [3.63, 3.8) is 0 Å². The van der Waals surface area contributed by atoms with E-state index in [4.69, 9.17) is 5.73 Å². The van der Waals surface area contributed by atoms with Crippen molar-refractivity contribution in [2.75, 3.05) is 29.5 Å². The number of nitrogens with zero attached hydrogens (tertiary/aromatic N) is 3. The molecule has 2 aromatic rings. The molecule has 1 amide bonds. The Hall–Kier alpha value is -2.70. The molecule has 28 heavy (non-hydrogen) atoms. The van der Waals surface area contributed by atoms with Crippen LogP contribution in [0, 0.1) is 5.92 Å². The summed E-state index contributed by atoms with van der Waals surface area (Å²) < 4.78 is 2.16. The predicted octanol–water partition coefficient (Wildman–Crippen LogP) is 2.84. The molecule has 1 aliphatic heterocycles. The lowest BCUT2D eigenvalue weighted by Gasteiger charge is -2.32. The minimum absolute atomic E-state index is 0.0250. The summed E-state index contributed by atoms with van der Waals surface area (Å²) in [5.74, 6) is 0.732. The summed E-state index contributed by atoms with van der Waals surface area (Å²) in [7, 11) is 1.85. The molecule has 2 heterocycles. The van der Waals surface area contributed by atoms with Crippen molar-refractivity contribution in [3.05, 3.63) is 35.9 Å². The molecule has 0 radical (unpaired) electrons. The number of nitrogens with one attached hydrogen (secondary N) is 2. The number of hydrogen-bond acceptors (Lipinski definition) is 5. The summed E-state index contributed by atoms with van der Waals surface area (Å²) in [6.07, 6.45) is 8.21. The second-order valence-corrected chi connectivity index (χ2v) is 8.14. The van der Waals surface area contributed by atoms with Gasteiger partial charge in [0.2, 0.25) is 0 Å². The fourth-order valence-corrected chi connectivity index (χ4v) is 4.32. The number of amides is 1. The Morgan fingerprint density at radius 1 is 1.21 bits per heavy atom. The maximum atomic E-state index is 13.2. The predicted molar refractivity (Wildman–Crippen MR) is 113 cm³/mol. The molecule has 4 N–H and O–H groups in total. The minimum atomic E-state index is -0.0250. The molecule has 0 atom stereocenters. The maximum Gasteiger partial charge on any atom is 0.253 e. The minimum Gasteiger partial charge on any atom is -0.397 e. The number of carbonyl (C=O) groups is 1. The third-order valence-corrected chi connectivity index (χ3v) is 6.14. The highest BCUT2D eigenvalue weighted by Crippen LogP contribution is 2.33. The average Bonchev–Trinajstić information content (AvgIpc) is 3.17. The highest BCUT2D eigenvalue weighted by molar-refractivity contribution is 6.02. The van der Waals surface area contributed by atoms with Gasteiger partial charge in [-0.15, -0.1) is 0 Å². The molecule has 1 saturated carbocycles. The largest absolute Gasteiger partial charge is 0.397 e. The van der Waals surface area contributed by atoms with Gasteiger partial charge in [0.15, 0.2) is 0 Å². The SMILES string of the molecule is CNc1cc(N2CCn3cncc3C2)c(C(=O)N[C@H]2CC[C@H](C)CC2)cc1N. The van der Waals surface area contributed by atoms with E-state index in [-0.39, 0.29) is 11.9 Å². The van der Waals surface area contributed by atoms with Crippen molar-refractivity contribution in [2.45, 2.75) is 51.7 Å². The summed E-state index contributed by atoms with van der Waals surface area (Å²) in [4.78, 5) is 19.7. The van der Waals surface area contributed by atoms with Crippen LogP contribution < -0.4 is 21.3 Å². The molecule has 7 heteroatoms. The van der Waals surface area contributed by atoms with Crippen LogP contribution in [0.25, 0.3) is 0 Å². The van der Waals surface area contributed by atoms with Gasteiger partial charge in [-0.1, -0.05) is 6.92 Å². The van der Waals surface area contributed by atoms with Gasteiger partial charge in [-0.2, -0.15) is 0 Å². The van der Waals surface area contributed by atoms with Crippen LogP contribution in [0.4, 0.5) is 17.1 Å². The number of nitrogen functional groups attached to an aromatic ring is 1. The molecule has 0 unspecified atom stereocenters. The molecular formula is C21H30N6O. The molecular weight excluding hydrogens is 352 g/mol. The summed E-state index contributed by atoms with van der Waals surface area (Å²) >= 11 is 0. The normalized spacial score (nSPS) is 21.9. The van der Waals surface area contributed by atoms with Gasteiger partial charge in [-0.25, -0.2) is 4.98 Å². The molecule has 1 aliphatic carbocycles. The lowest BCUT2D eigenvalue weighted by atomic mass is 9.87. The third kappa shape index (κ3) is 3.66. The molecule has 1 aromatic heterocycles. The highest BCUT2D eigenvalue weighted by Gasteiger charge is 2.25. The third-order valence-electron chi connectivity index (χ3n) is 6.14. The van der Waals surface area contributed by atoms with Gasteiger partial charge in [0.25, 0.3) is 5.91 Å². The molecule has 0 saturated heterocycles. The van der Waals surface area contributed by atoms with E-state index in [0.717, 1.165) is 55.5 Å². The van der Waals surface area contributed by atoms with E-state index in [9.17, 15) is 4.79 Å². The van der Waals surface area contributed by atoms with Gasteiger partial charge < -0.3 is 25.8 Å². The van der Waals surface area contributed by atoms with Crippen molar-refractivity contribution < 1.29 is 4.79 Å². The first kappa shape index (κ1) is 18.7. The van der Waals surface area contributed by atoms with E-state index in [2.05, 4.69) is 32.0 Å². The van der Waals surface area contributed by atoms with E-state index in [1.54, 1.807) is 0 Å². The molecule has 1 aromatic carbocycles. The first-order valence-electron chi connectivity index (χ1n) is 10.2. The number of fused-ring (bicyclic) bond motifs is 1. The molecule has 2 aliphatic rings. The van der Waals surface area contributed by atoms with Crippen molar-refractivity contribution in [1.82, 2.24) is 14.9 Å². The topological polar surface area (TPSA) is 88.2 Å². The van der Waals surface area contributed by atoms with E-state index >= 15 is 0 Å². The quantitative estimate of drug-likeness (QED) is 0.708. The molecule has 7 nitrogen and oxygen atoms in total. The van der Waals surface area contributed by atoms with E-state index in [1.807, 2.05) is 31.7 Å². The van der Waals surface area contributed by atoms with Crippen molar-refractivity contribution >= 4 is 23.0 Å². The van der Waals surface area contributed by atoms with Gasteiger partial charge in [-0.05, 0) is 43.7 Å². The Morgan fingerprint density at radius 3 is 2.75 bits per heavy atom. The van der Waals surface area contributed by atoms with E-state index in [1.165, 1.54) is 12.8 Å².